The molecule has 0 aliphatic rings. The zero-order chi connectivity index (χ0) is 20.1. The number of furan rings is 1. The van der Waals surface area contributed by atoms with Gasteiger partial charge in [-0.05, 0) is 48.5 Å². The van der Waals surface area contributed by atoms with Crippen molar-refractivity contribution < 1.29 is 27.5 Å². The van der Waals surface area contributed by atoms with Crippen LogP contribution in [0.25, 0.3) is 0 Å². The Bertz CT molecular complexity index is 1090. The third-order valence-electron chi connectivity index (χ3n) is 3.84. The van der Waals surface area contributed by atoms with Crippen LogP contribution in [0.5, 0.6) is 0 Å². The Labute approximate surface area is 160 Å². The summed E-state index contributed by atoms with van der Waals surface area (Å²) in [5.41, 5.74) is 0.211. The van der Waals surface area contributed by atoms with Crippen LogP contribution in [0, 0.1) is 0 Å². The summed E-state index contributed by atoms with van der Waals surface area (Å²) in [7, 11) is -3.75. The Kier molecular flexibility index (Phi) is 5.57. The summed E-state index contributed by atoms with van der Waals surface area (Å²) in [4.78, 5) is 23.6. The highest BCUT2D eigenvalue weighted by atomic mass is 32.2. The number of hydrogen-bond donors (Lipinski definition) is 3. The van der Waals surface area contributed by atoms with Crippen LogP contribution in [0.4, 0.5) is 5.69 Å². The number of hydrogen-bond acceptors (Lipinski definition) is 5. The van der Waals surface area contributed by atoms with Gasteiger partial charge in [-0.15, -0.1) is 0 Å². The fraction of sp³-hybridized carbons (Fsp3) is 0.0526. The van der Waals surface area contributed by atoms with Crippen molar-refractivity contribution in [3.05, 3.63) is 83.8 Å². The lowest BCUT2D eigenvalue weighted by Crippen LogP contribution is -2.23. The second kappa shape index (κ2) is 8.07. The molecule has 144 valence electrons. The smallest absolute Gasteiger partial charge is 0.336 e. The fourth-order valence-corrected chi connectivity index (χ4v) is 3.44. The van der Waals surface area contributed by atoms with E-state index in [4.69, 9.17) is 9.52 Å². The molecular weight excluding hydrogens is 384 g/mol. The Balaban J connectivity index is 1.70. The maximum absolute atomic E-state index is 12.3. The monoisotopic (exact) mass is 400 g/mol. The first kappa shape index (κ1) is 19.3. The van der Waals surface area contributed by atoms with Crippen LogP contribution >= 0.6 is 0 Å². The van der Waals surface area contributed by atoms with Crippen molar-refractivity contribution in [1.82, 2.24) is 4.72 Å². The number of amides is 1. The number of benzene rings is 2. The van der Waals surface area contributed by atoms with E-state index < -0.39 is 21.9 Å². The Morgan fingerprint density at radius 2 is 1.61 bits per heavy atom. The highest BCUT2D eigenvalue weighted by Gasteiger charge is 2.17. The number of anilines is 1. The van der Waals surface area contributed by atoms with Crippen molar-refractivity contribution in [1.29, 1.82) is 0 Å². The van der Waals surface area contributed by atoms with Crippen LogP contribution in [0.3, 0.4) is 0 Å². The van der Waals surface area contributed by atoms with E-state index in [1.807, 2.05) is 0 Å². The van der Waals surface area contributed by atoms with Crippen LogP contribution in [-0.2, 0) is 16.6 Å². The number of carboxylic acids is 1. The van der Waals surface area contributed by atoms with Crippen LogP contribution < -0.4 is 10.0 Å². The number of aromatic carboxylic acids is 1. The summed E-state index contributed by atoms with van der Waals surface area (Å²) in [6.07, 6.45) is 1.45. The quantitative estimate of drug-likeness (QED) is 0.560. The first-order chi connectivity index (χ1) is 13.4. The van der Waals surface area contributed by atoms with E-state index in [0.717, 1.165) is 0 Å². The molecule has 0 radical (unpaired) electrons. The van der Waals surface area contributed by atoms with Gasteiger partial charge < -0.3 is 14.8 Å². The van der Waals surface area contributed by atoms with Gasteiger partial charge in [-0.1, -0.05) is 12.1 Å². The summed E-state index contributed by atoms with van der Waals surface area (Å²) in [6, 6.07) is 14.6. The molecule has 0 bridgehead atoms. The topological polar surface area (TPSA) is 126 Å². The average Bonchev–Trinajstić information content (AvgIpc) is 3.20. The minimum Gasteiger partial charge on any atom is -0.478 e. The van der Waals surface area contributed by atoms with Gasteiger partial charge in [-0.2, -0.15) is 0 Å². The SMILES string of the molecule is O=C(O)c1ccccc1C(=O)Nc1ccc(S(=O)(=O)NCc2ccco2)cc1. The van der Waals surface area contributed by atoms with Crippen LogP contribution in [-0.4, -0.2) is 25.4 Å². The van der Waals surface area contributed by atoms with Crippen molar-refractivity contribution >= 4 is 27.6 Å². The Morgan fingerprint density at radius 3 is 2.21 bits per heavy atom. The number of sulfonamides is 1. The van der Waals surface area contributed by atoms with Gasteiger partial charge in [0.15, 0.2) is 0 Å². The normalized spacial score (nSPS) is 11.1. The van der Waals surface area contributed by atoms with Gasteiger partial charge in [0.2, 0.25) is 10.0 Å². The number of carbonyl (C=O) groups excluding carboxylic acids is 1. The summed E-state index contributed by atoms with van der Waals surface area (Å²) >= 11 is 0. The molecule has 8 nitrogen and oxygen atoms in total. The zero-order valence-corrected chi connectivity index (χ0v) is 15.3. The van der Waals surface area contributed by atoms with Gasteiger partial charge in [0.05, 0.1) is 28.8 Å². The minimum atomic E-state index is -3.75. The maximum Gasteiger partial charge on any atom is 0.336 e. The number of carboxylic acid groups (broad SMARTS) is 1. The lowest BCUT2D eigenvalue weighted by Gasteiger charge is -2.09. The molecule has 9 heteroatoms. The molecule has 28 heavy (non-hydrogen) atoms. The van der Waals surface area contributed by atoms with Crippen molar-refractivity contribution in [3.63, 3.8) is 0 Å². The third kappa shape index (κ3) is 4.45. The van der Waals surface area contributed by atoms with Gasteiger partial charge in [-0.25, -0.2) is 17.9 Å². The first-order valence-electron chi connectivity index (χ1n) is 8.12. The second-order valence-electron chi connectivity index (χ2n) is 5.73. The number of nitrogens with one attached hydrogen (secondary N) is 2. The first-order valence-corrected chi connectivity index (χ1v) is 9.61. The molecule has 0 atom stereocenters. The van der Waals surface area contributed by atoms with E-state index >= 15 is 0 Å². The lowest BCUT2D eigenvalue weighted by atomic mass is 10.1. The predicted molar refractivity (Wildman–Crippen MR) is 101 cm³/mol. The zero-order valence-electron chi connectivity index (χ0n) is 14.5. The molecule has 0 fully saturated rings. The third-order valence-corrected chi connectivity index (χ3v) is 5.26. The molecule has 0 saturated heterocycles. The molecule has 3 rings (SSSR count). The molecule has 3 N–H and O–H groups in total. The van der Waals surface area contributed by atoms with Gasteiger partial charge in [-0.3, -0.25) is 4.79 Å². The Hall–Kier alpha value is -3.43. The van der Waals surface area contributed by atoms with E-state index in [-0.39, 0.29) is 22.6 Å². The van der Waals surface area contributed by atoms with E-state index in [1.165, 1.54) is 48.7 Å². The standard InChI is InChI=1S/C19H16N2O6S/c22-18(16-5-1-2-6-17(16)19(23)24)21-13-7-9-15(10-8-13)28(25,26)20-12-14-4-3-11-27-14/h1-11,20H,12H2,(H,21,22)(H,23,24). The molecule has 0 spiro atoms. The largest absolute Gasteiger partial charge is 0.478 e. The summed E-state index contributed by atoms with van der Waals surface area (Å²) in [6.45, 7) is 0.0137. The van der Waals surface area contributed by atoms with Crippen molar-refractivity contribution in [2.75, 3.05) is 5.32 Å². The molecule has 0 aliphatic heterocycles. The second-order valence-corrected chi connectivity index (χ2v) is 7.50. The Morgan fingerprint density at radius 1 is 0.929 bits per heavy atom. The fourth-order valence-electron chi connectivity index (χ4n) is 2.45. The van der Waals surface area contributed by atoms with Gasteiger partial charge >= 0.3 is 5.97 Å². The highest BCUT2D eigenvalue weighted by molar-refractivity contribution is 7.89. The molecule has 1 heterocycles. The van der Waals surface area contributed by atoms with E-state index in [2.05, 4.69) is 10.0 Å². The summed E-state index contributed by atoms with van der Waals surface area (Å²) < 4.78 is 32.1. The van der Waals surface area contributed by atoms with E-state index in [9.17, 15) is 18.0 Å². The van der Waals surface area contributed by atoms with Crippen molar-refractivity contribution in [2.45, 2.75) is 11.4 Å². The molecule has 0 unspecified atom stereocenters. The summed E-state index contributed by atoms with van der Waals surface area (Å²) in [5.74, 6) is -1.34. The summed E-state index contributed by atoms with van der Waals surface area (Å²) in [5, 5.41) is 11.7. The minimum absolute atomic E-state index is 0.00631. The van der Waals surface area contributed by atoms with Crippen LogP contribution in [0.2, 0.25) is 0 Å². The maximum atomic E-state index is 12.3. The molecule has 3 aromatic rings. The van der Waals surface area contributed by atoms with Crippen molar-refractivity contribution in [2.24, 2.45) is 0 Å². The molecule has 1 amide bonds. The van der Waals surface area contributed by atoms with Crippen molar-refractivity contribution in [3.8, 4) is 0 Å². The molecule has 0 saturated carbocycles. The number of carbonyl (C=O) groups is 2. The molecule has 1 aromatic heterocycles. The van der Waals surface area contributed by atoms with Gasteiger partial charge in [0, 0.05) is 5.69 Å². The lowest BCUT2D eigenvalue weighted by molar-refractivity contribution is 0.0692. The van der Waals surface area contributed by atoms with Gasteiger partial charge in [0.25, 0.3) is 5.91 Å². The molecular formula is C19H16N2O6S. The van der Waals surface area contributed by atoms with Crippen LogP contribution in [0.1, 0.15) is 26.5 Å². The molecule has 0 aliphatic carbocycles. The van der Waals surface area contributed by atoms with E-state index in [0.29, 0.717) is 11.4 Å². The number of rotatable bonds is 7. The van der Waals surface area contributed by atoms with Gasteiger partial charge in [0.1, 0.15) is 5.76 Å². The van der Waals surface area contributed by atoms with Crippen LogP contribution in [0.15, 0.2) is 76.2 Å². The predicted octanol–water partition coefficient (Wildman–Crippen LogP) is 2.71. The average molecular weight is 400 g/mol. The van der Waals surface area contributed by atoms with E-state index in [1.54, 1.807) is 18.2 Å². The molecule has 2 aromatic carbocycles. The highest BCUT2D eigenvalue weighted by Crippen LogP contribution is 2.17.